The first-order valence-electron chi connectivity index (χ1n) is 7.90. The first-order valence-corrected chi connectivity index (χ1v) is 7.90. The van der Waals surface area contributed by atoms with Crippen molar-refractivity contribution in [1.82, 2.24) is 15.3 Å². The van der Waals surface area contributed by atoms with E-state index in [4.69, 9.17) is 0 Å². The van der Waals surface area contributed by atoms with E-state index in [0.717, 1.165) is 12.6 Å². The summed E-state index contributed by atoms with van der Waals surface area (Å²) in [6.45, 7) is 7.15. The molecule has 0 aromatic carbocycles. The Morgan fingerprint density at radius 3 is 2.39 bits per heavy atom. The molecular formula is C15H31N3. The van der Waals surface area contributed by atoms with E-state index in [-0.39, 0.29) is 0 Å². The zero-order chi connectivity index (χ0) is 13.0. The van der Waals surface area contributed by atoms with Crippen LogP contribution in [-0.2, 0) is 0 Å². The number of hydrazine groups is 1. The van der Waals surface area contributed by atoms with Gasteiger partial charge in [-0.15, -0.1) is 0 Å². The molecule has 2 aliphatic rings. The largest absolute Gasteiger partial charge is 0.303 e. The summed E-state index contributed by atoms with van der Waals surface area (Å²) in [6.07, 6.45) is 9.59. The van der Waals surface area contributed by atoms with Gasteiger partial charge in [0, 0.05) is 24.7 Å². The molecule has 2 heterocycles. The van der Waals surface area contributed by atoms with Crippen molar-refractivity contribution in [1.29, 1.82) is 0 Å². The number of piperidine rings is 2. The number of rotatable bonds is 4. The lowest BCUT2D eigenvalue weighted by molar-refractivity contribution is 0.0415. The van der Waals surface area contributed by atoms with Crippen LogP contribution >= 0.6 is 0 Å². The molecule has 18 heavy (non-hydrogen) atoms. The lowest BCUT2D eigenvalue weighted by Crippen LogP contribution is -2.53. The summed E-state index contributed by atoms with van der Waals surface area (Å²) in [6, 6.07) is 2.22. The van der Waals surface area contributed by atoms with Crippen LogP contribution in [0.4, 0.5) is 0 Å². The number of likely N-dealkylation sites (tertiary alicyclic amines) is 1. The van der Waals surface area contributed by atoms with E-state index < -0.39 is 0 Å². The molecule has 3 heteroatoms. The molecule has 2 saturated heterocycles. The smallest absolute Gasteiger partial charge is 0.0218 e. The van der Waals surface area contributed by atoms with E-state index in [2.05, 4.69) is 36.2 Å². The summed E-state index contributed by atoms with van der Waals surface area (Å²) in [7, 11) is 2.29. The third-order valence-electron chi connectivity index (χ3n) is 4.89. The zero-order valence-corrected chi connectivity index (χ0v) is 12.5. The highest BCUT2D eigenvalue weighted by Crippen LogP contribution is 2.21. The molecule has 3 atom stereocenters. The predicted octanol–water partition coefficient (Wildman–Crippen LogP) is 2.63. The normalized spacial score (nSPS) is 35.8. The minimum Gasteiger partial charge on any atom is -0.303 e. The Morgan fingerprint density at radius 2 is 1.72 bits per heavy atom. The van der Waals surface area contributed by atoms with Crippen LogP contribution in [0, 0.1) is 0 Å². The maximum atomic E-state index is 3.70. The van der Waals surface area contributed by atoms with Crippen molar-refractivity contribution in [2.45, 2.75) is 76.9 Å². The van der Waals surface area contributed by atoms with Gasteiger partial charge in [0.2, 0.25) is 0 Å². The zero-order valence-electron chi connectivity index (χ0n) is 12.5. The molecule has 0 radical (unpaired) electrons. The highest BCUT2D eigenvalue weighted by atomic mass is 15.5. The molecule has 0 spiro atoms. The van der Waals surface area contributed by atoms with Crippen molar-refractivity contribution in [2.24, 2.45) is 0 Å². The van der Waals surface area contributed by atoms with Crippen molar-refractivity contribution in [3.63, 3.8) is 0 Å². The lowest BCUT2D eigenvalue weighted by Gasteiger charge is -2.40. The van der Waals surface area contributed by atoms with E-state index in [1.807, 2.05) is 0 Å². The SMILES string of the molecule is CC1CCCC(C)N1NCCC1CCCCN1C. The van der Waals surface area contributed by atoms with Gasteiger partial charge in [0.15, 0.2) is 0 Å². The second kappa shape index (κ2) is 6.88. The molecule has 2 rings (SSSR count). The number of nitrogens with one attached hydrogen (secondary N) is 1. The molecule has 0 aromatic heterocycles. The molecule has 0 bridgehead atoms. The van der Waals surface area contributed by atoms with Crippen LogP contribution in [0.3, 0.4) is 0 Å². The Hall–Kier alpha value is -0.120. The lowest BCUT2D eigenvalue weighted by atomic mass is 9.99. The molecule has 3 nitrogen and oxygen atoms in total. The maximum Gasteiger partial charge on any atom is 0.0218 e. The minimum absolute atomic E-state index is 0.706. The fourth-order valence-corrected chi connectivity index (χ4v) is 3.60. The number of nitrogens with zero attached hydrogens (tertiary/aromatic N) is 2. The Bertz CT molecular complexity index is 234. The van der Waals surface area contributed by atoms with Crippen molar-refractivity contribution in [3.8, 4) is 0 Å². The topological polar surface area (TPSA) is 18.5 Å². The summed E-state index contributed by atoms with van der Waals surface area (Å²) in [5, 5.41) is 2.51. The van der Waals surface area contributed by atoms with Gasteiger partial charge in [-0.2, -0.15) is 0 Å². The Labute approximate surface area is 113 Å². The highest BCUT2D eigenvalue weighted by Gasteiger charge is 2.25. The second-order valence-electron chi connectivity index (χ2n) is 6.36. The molecule has 2 fully saturated rings. The fraction of sp³-hybridized carbons (Fsp3) is 1.00. The quantitative estimate of drug-likeness (QED) is 0.831. The monoisotopic (exact) mass is 253 g/mol. The first kappa shape index (κ1) is 14.3. The summed E-state index contributed by atoms with van der Waals surface area (Å²) in [4.78, 5) is 2.55. The first-order chi connectivity index (χ1) is 8.68. The maximum absolute atomic E-state index is 3.70. The van der Waals surface area contributed by atoms with Crippen LogP contribution in [0.2, 0.25) is 0 Å². The van der Waals surface area contributed by atoms with Crippen molar-refractivity contribution in [3.05, 3.63) is 0 Å². The van der Waals surface area contributed by atoms with E-state index in [1.54, 1.807) is 0 Å². The van der Waals surface area contributed by atoms with Crippen molar-refractivity contribution < 1.29 is 0 Å². The van der Waals surface area contributed by atoms with E-state index in [0.29, 0.717) is 12.1 Å². The van der Waals surface area contributed by atoms with Gasteiger partial charge in [-0.1, -0.05) is 12.8 Å². The molecule has 0 saturated carbocycles. The molecule has 0 aromatic rings. The van der Waals surface area contributed by atoms with Crippen LogP contribution in [-0.4, -0.2) is 48.2 Å². The molecule has 2 aliphatic heterocycles. The van der Waals surface area contributed by atoms with E-state index in [9.17, 15) is 0 Å². The van der Waals surface area contributed by atoms with Crippen LogP contribution in [0.25, 0.3) is 0 Å². The number of hydrogen-bond donors (Lipinski definition) is 1. The van der Waals surface area contributed by atoms with Crippen molar-refractivity contribution in [2.75, 3.05) is 20.1 Å². The summed E-state index contributed by atoms with van der Waals surface area (Å²) < 4.78 is 0. The van der Waals surface area contributed by atoms with Gasteiger partial charge in [0.05, 0.1) is 0 Å². The Balaban J connectivity index is 1.70. The highest BCUT2D eigenvalue weighted by molar-refractivity contribution is 4.78. The average molecular weight is 253 g/mol. The van der Waals surface area contributed by atoms with Gasteiger partial charge in [-0.25, -0.2) is 5.01 Å². The van der Waals surface area contributed by atoms with Crippen LogP contribution in [0.1, 0.15) is 58.8 Å². The van der Waals surface area contributed by atoms with Crippen LogP contribution in [0.15, 0.2) is 0 Å². The molecule has 0 aliphatic carbocycles. The van der Waals surface area contributed by atoms with E-state index in [1.165, 1.54) is 51.5 Å². The van der Waals surface area contributed by atoms with Crippen LogP contribution in [0.5, 0.6) is 0 Å². The molecule has 0 amide bonds. The van der Waals surface area contributed by atoms with Gasteiger partial charge in [0.1, 0.15) is 0 Å². The molecule has 1 N–H and O–H groups in total. The fourth-order valence-electron chi connectivity index (χ4n) is 3.60. The molecular weight excluding hydrogens is 222 g/mol. The standard InChI is InChI=1S/C15H31N3/c1-13-7-6-8-14(2)18(13)16-11-10-15-9-4-5-12-17(15)3/h13-16H,4-12H2,1-3H3. The van der Waals surface area contributed by atoms with Gasteiger partial charge in [-0.05, 0) is 59.5 Å². The third kappa shape index (κ3) is 3.69. The molecule has 3 unspecified atom stereocenters. The minimum atomic E-state index is 0.706. The van der Waals surface area contributed by atoms with Gasteiger partial charge < -0.3 is 4.90 Å². The van der Waals surface area contributed by atoms with Gasteiger partial charge >= 0.3 is 0 Å². The summed E-state index contributed by atoms with van der Waals surface area (Å²) in [5.41, 5.74) is 3.70. The molecule has 106 valence electrons. The Morgan fingerprint density at radius 1 is 1.00 bits per heavy atom. The third-order valence-corrected chi connectivity index (χ3v) is 4.89. The van der Waals surface area contributed by atoms with Crippen molar-refractivity contribution >= 4 is 0 Å². The summed E-state index contributed by atoms with van der Waals surface area (Å²) >= 11 is 0. The second-order valence-corrected chi connectivity index (χ2v) is 6.36. The Kier molecular flexibility index (Phi) is 5.46. The van der Waals surface area contributed by atoms with E-state index >= 15 is 0 Å². The van der Waals surface area contributed by atoms with Gasteiger partial charge in [0.25, 0.3) is 0 Å². The number of hydrogen-bond acceptors (Lipinski definition) is 3. The average Bonchev–Trinajstić information content (AvgIpc) is 2.35. The predicted molar refractivity (Wildman–Crippen MR) is 77.5 cm³/mol. The summed E-state index contributed by atoms with van der Waals surface area (Å²) in [5.74, 6) is 0. The van der Waals surface area contributed by atoms with Gasteiger partial charge in [-0.3, -0.25) is 5.43 Å². The van der Waals surface area contributed by atoms with Crippen LogP contribution < -0.4 is 5.43 Å².